The normalized spacial score (nSPS) is 17.5. The van der Waals surface area contributed by atoms with Crippen LogP contribution < -0.4 is 0 Å². The van der Waals surface area contributed by atoms with Gasteiger partial charge in [-0.2, -0.15) is 0 Å². The molecule has 0 radical (unpaired) electrons. The van der Waals surface area contributed by atoms with Gasteiger partial charge in [-0.25, -0.2) is 13.2 Å². The van der Waals surface area contributed by atoms with E-state index in [1.165, 1.54) is 12.1 Å². The van der Waals surface area contributed by atoms with E-state index in [1.54, 1.807) is 0 Å². The number of carboxylic acids is 1. The van der Waals surface area contributed by atoms with Crippen molar-refractivity contribution in [2.75, 3.05) is 5.75 Å². The lowest BCUT2D eigenvalue weighted by Gasteiger charge is -1.98. The number of hydrogen-bond acceptors (Lipinski definition) is 4. The van der Waals surface area contributed by atoms with Crippen LogP contribution in [0.4, 0.5) is 0 Å². The Kier molecular flexibility index (Phi) is 1.90. The number of carbonyl (C=O) groups excluding carboxylic acids is 1. The molecule has 0 bridgehead atoms. The quantitative estimate of drug-likeness (QED) is 0.746. The van der Waals surface area contributed by atoms with Gasteiger partial charge in [-0.05, 0) is 18.2 Å². The number of aromatic carboxylic acids is 1. The van der Waals surface area contributed by atoms with Gasteiger partial charge in [0.15, 0.2) is 15.6 Å². The minimum absolute atomic E-state index is 0.0833. The number of Topliss-reactive ketones (excluding diaryl/α,β-unsaturated/α-hetero) is 1. The second-order valence-electron chi connectivity index (χ2n) is 3.20. The third kappa shape index (κ3) is 1.42. The minimum Gasteiger partial charge on any atom is -0.478 e. The Labute approximate surface area is 85.3 Å². The lowest BCUT2D eigenvalue weighted by atomic mass is 10.1. The van der Waals surface area contributed by atoms with E-state index in [2.05, 4.69) is 0 Å². The lowest BCUT2D eigenvalue weighted by molar-refractivity contribution is 0.0696. The molecule has 0 saturated carbocycles. The van der Waals surface area contributed by atoms with Crippen molar-refractivity contribution in [2.45, 2.75) is 4.90 Å². The summed E-state index contributed by atoms with van der Waals surface area (Å²) in [6.07, 6.45) is 0. The molecule has 1 aromatic rings. The van der Waals surface area contributed by atoms with E-state index in [1.807, 2.05) is 0 Å². The maximum absolute atomic E-state index is 11.4. The van der Waals surface area contributed by atoms with Crippen LogP contribution in [0.1, 0.15) is 20.7 Å². The molecule has 1 aliphatic rings. The van der Waals surface area contributed by atoms with Crippen LogP contribution in [-0.2, 0) is 9.84 Å². The highest BCUT2D eigenvalue weighted by Gasteiger charge is 2.33. The van der Waals surface area contributed by atoms with Gasteiger partial charge in [-0.3, -0.25) is 4.79 Å². The van der Waals surface area contributed by atoms with Gasteiger partial charge in [0.25, 0.3) is 0 Å². The number of carboxylic acid groups (broad SMARTS) is 1. The van der Waals surface area contributed by atoms with Gasteiger partial charge >= 0.3 is 5.97 Å². The SMILES string of the molecule is O=C(O)c1ccc2c(c1)S(=O)(=O)CC2=O. The zero-order valence-corrected chi connectivity index (χ0v) is 8.24. The molecule has 2 rings (SSSR count). The van der Waals surface area contributed by atoms with Crippen LogP contribution in [0.15, 0.2) is 23.1 Å². The zero-order chi connectivity index (χ0) is 11.2. The highest BCUT2D eigenvalue weighted by molar-refractivity contribution is 7.92. The summed E-state index contributed by atoms with van der Waals surface area (Å²) in [6.45, 7) is 0. The van der Waals surface area contributed by atoms with Crippen LogP contribution >= 0.6 is 0 Å². The molecule has 1 heterocycles. The van der Waals surface area contributed by atoms with Crippen LogP contribution in [-0.4, -0.2) is 31.0 Å². The molecule has 78 valence electrons. The number of rotatable bonds is 1. The molecule has 1 aliphatic heterocycles. The van der Waals surface area contributed by atoms with Gasteiger partial charge in [-0.15, -0.1) is 0 Å². The van der Waals surface area contributed by atoms with E-state index in [0.29, 0.717) is 0 Å². The minimum atomic E-state index is -3.62. The van der Waals surface area contributed by atoms with E-state index >= 15 is 0 Å². The highest BCUT2D eigenvalue weighted by Crippen LogP contribution is 2.26. The molecule has 0 unspecified atom stereocenters. The maximum atomic E-state index is 11.4. The number of ketones is 1. The average Bonchev–Trinajstić information content (AvgIpc) is 2.37. The fourth-order valence-corrected chi connectivity index (χ4v) is 2.95. The van der Waals surface area contributed by atoms with Gasteiger partial charge in [-0.1, -0.05) is 0 Å². The first-order valence-electron chi connectivity index (χ1n) is 4.05. The third-order valence-electron chi connectivity index (χ3n) is 2.19. The molecule has 0 aliphatic carbocycles. The number of carbonyl (C=O) groups is 2. The predicted octanol–water partition coefficient (Wildman–Crippen LogP) is 0.355. The zero-order valence-electron chi connectivity index (χ0n) is 7.43. The fourth-order valence-electron chi connectivity index (χ4n) is 1.47. The van der Waals surface area contributed by atoms with E-state index in [0.717, 1.165) is 6.07 Å². The first-order valence-corrected chi connectivity index (χ1v) is 5.70. The molecule has 1 aromatic carbocycles. The fraction of sp³-hybridized carbons (Fsp3) is 0.111. The molecule has 0 saturated heterocycles. The Balaban J connectivity index is 2.73. The molecule has 5 nitrogen and oxygen atoms in total. The van der Waals surface area contributed by atoms with Gasteiger partial charge in [0.05, 0.1) is 10.5 Å². The van der Waals surface area contributed by atoms with Gasteiger partial charge in [0.1, 0.15) is 5.75 Å². The number of hydrogen-bond donors (Lipinski definition) is 1. The second kappa shape index (κ2) is 2.90. The van der Waals surface area contributed by atoms with Crippen molar-refractivity contribution in [3.05, 3.63) is 29.3 Å². The summed E-state index contributed by atoms with van der Waals surface area (Å²) in [6, 6.07) is 3.49. The van der Waals surface area contributed by atoms with Crippen LogP contribution in [0, 0.1) is 0 Å². The summed E-state index contributed by atoms with van der Waals surface area (Å²) in [5.74, 6) is -2.26. The molecular formula is C9H6O5S. The van der Waals surface area contributed by atoms with Crippen LogP contribution in [0.2, 0.25) is 0 Å². The maximum Gasteiger partial charge on any atom is 0.335 e. The summed E-state index contributed by atoms with van der Waals surface area (Å²) >= 11 is 0. The van der Waals surface area contributed by atoms with Crippen molar-refractivity contribution >= 4 is 21.6 Å². The smallest absolute Gasteiger partial charge is 0.335 e. The average molecular weight is 226 g/mol. The first kappa shape index (κ1) is 9.85. The Morgan fingerprint density at radius 2 is 2.00 bits per heavy atom. The van der Waals surface area contributed by atoms with Crippen molar-refractivity contribution in [3.8, 4) is 0 Å². The van der Waals surface area contributed by atoms with E-state index in [4.69, 9.17) is 5.11 Å². The van der Waals surface area contributed by atoms with Crippen molar-refractivity contribution < 1.29 is 23.1 Å². The Hall–Kier alpha value is -1.69. The monoisotopic (exact) mass is 226 g/mol. The van der Waals surface area contributed by atoms with Gasteiger partial charge in [0, 0.05) is 5.56 Å². The number of benzene rings is 1. The van der Waals surface area contributed by atoms with Crippen LogP contribution in [0.5, 0.6) is 0 Å². The van der Waals surface area contributed by atoms with Crippen LogP contribution in [0.25, 0.3) is 0 Å². The highest BCUT2D eigenvalue weighted by atomic mass is 32.2. The van der Waals surface area contributed by atoms with Crippen molar-refractivity contribution in [2.24, 2.45) is 0 Å². The Bertz CT molecular complexity index is 570. The summed E-state index contributed by atoms with van der Waals surface area (Å²) in [7, 11) is -3.62. The summed E-state index contributed by atoms with van der Waals surface area (Å²) in [5, 5.41) is 8.67. The predicted molar refractivity (Wildman–Crippen MR) is 49.8 cm³/mol. The molecule has 0 amide bonds. The molecule has 0 fully saturated rings. The van der Waals surface area contributed by atoms with Crippen molar-refractivity contribution in [1.82, 2.24) is 0 Å². The first-order chi connectivity index (χ1) is 6.92. The van der Waals surface area contributed by atoms with E-state index < -0.39 is 27.3 Å². The summed E-state index contributed by atoms with van der Waals surface area (Å²) < 4.78 is 22.8. The molecule has 6 heteroatoms. The third-order valence-corrected chi connectivity index (χ3v) is 3.84. The lowest BCUT2D eigenvalue weighted by Crippen LogP contribution is -2.03. The topological polar surface area (TPSA) is 88.5 Å². The molecule has 0 spiro atoms. The Morgan fingerprint density at radius 1 is 1.33 bits per heavy atom. The van der Waals surface area contributed by atoms with Gasteiger partial charge < -0.3 is 5.11 Å². The molecule has 0 atom stereocenters. The van der Waals surface area contributed by atoms with E-state index in [9.17, 15) is 18.0 Å². The number of fused-ring (bicyclic) bond motifs is 1. The van der Waals surface area contributed by atoms with Crippen molar-refractivity contribution in [3.63, 3.8) is 0 Å². The largest absolute Gasteiger partial charge is 0.478 e. The standard InChI is InChI=1S/C9H6O5S/c10-7-4-15(13,14)8-3-5(9(11)12)1-2-6(7)8/h1-3H,4H2,(H,11,12). The Morgan fingerprint density at radius 3 is 2.60 bits per heavy atom. The molecule has 0 aromatic heterocycles. The second-order valence-corrected chi connectivity index (χ2v) is 5.16. The summed E-state index contributed by atoms with van der Waals surface area (Å²) in [4.78, 5) is 21.7. The van der Waals surface area contributed by atoms with Crippen LogP contribution in [0.3, 0.4) is 0 Å². The van der Waals surface area contributed by atoms with Gasteiger partial charge in [0.2, 0.25) is 0 Å². The molecular weight excluding hydrogens is 220 g/mol. The van der Waals surface area contributed by atoms with Crippen molar-refractivity contribution in [1.29, 1.82) is 0 Å². The van der Waals surface area contributed by atoms with E-state index in [-0.39, 0.29) is 16.0 Å². The molecule has 1 N–H and O–H groups in total. The number of sulfone groups is 1. The molecule has 15 heavy (non-hydrogen) atoms. The summed E-state index contributed by atoms with van der Waals surface area (Å²) in [5.41, 5.74) is -0.0491.